The predicted molar refractivity (Wildman–Crippen MR) is 72.2 cm³/mol. The smallest absolute Gasteiger partial charge is 0.153 e. The molecule has 0 amide bonds. The van der Waals surface area contributed by atoms with Gasteiger partial charge in [0.2, 0.25) is 0 Å². The van der Waals surface area contributed by atoms with E-state index in [1.807, 2.05) is 13.0 Å². The predicted octanol–water partition coefficient (Wildman–Crippen LogP) is 2.57. The van der Waals surface area contributed by atoms with E-state index < -0.39 is 0 Å². The van der Waals surface area contributed by atoms with Crippen LogP contribution in [-0.4, -0.2) is 18.1 Å². The van der Waals surface area contributed by atoms with Gasteiger partial charge in [-0.05, 0) is 54.8 Å². The largest absolute Gasteiger partial charge is 0.395 e. The van der Waals surface area contributed by atoms with E-state index in [9.17, 15) is 0 Å². The summed E-state index contributed by atoms with van der Waals surface area (Å²) in [6.07, 6.45) is 3.84. The zero-order valence-electron chi connectivity index (χ0n) is 8.96. The minimum Gasteiger partial charge on any atom is -0.395 e. The molecule has 0 aromatic carbocycles. The van der Waals surface area contributed by atoms with Crippen molar-refractivity contribution in [2.24, 2.45) is 0 Å². The fourth-order valence-electron chi connectivity index (χ4n) is 1.97. The van der Waals surface area contributed by atoms with Crippen LogP contribution in [-0.2, 0) is 0 Å². The van der Waals surface area contributed by atoms with Crippen molar-refractivity contribution < 1.29 is 0 Å². The van der Waals surface area contributed by atoms with E-state index in [0.717, 1.165) is 33.9 Å². The Labute approximate surface area is 104 Å². The normalized spacial score (nSPS) is 16.8. The first-order valence-corrected chi connectivity index (χ1v) is 6.44. The lowest BCUT2D eigenvalue weighted by molar-refractivity contribution is 0.573. The van der Waals surface area contributed by atoms with Gasteiger partial charge < -0.3 is 10.6 Å². The van der Waals surface area contributed by atoms with Crippen LogP contribution in [0.4, 0.5) is 11.5 Å². The van der Waals surface area contributed by atoms with E-state index in [0.29, 0.717) is 0 Å². The molecule has 0 atom stereocenters. The molecule has 1 aliphatic rings. The average Bonchev–Trinajstić information content (AvgIpc) is 2.24. The van der Waals surface area contributed by atoms with Crippen molar-refractivity contribution in [3.63, 3.8) is 0 Å². The summed E-state index contributed by atoms with van der Waals surface area (Å²) in [5.41, 5.74) is 7.96. The minimum atomic E-state index is 0.836. The lowest BCUT2D eigenvalue weighted by atomic mass is 10.1. The molecule has 1 fully saturated rings. The molecule has 1 aromatic rings. The summed E-state index contributed by atoms with van der Waals surface area (Å²) >= 11 is 2.28. The Morgan fingerprint density at radius 3 is 2.67 bits per heavy atom. The number of nitrogens with zero attached hydrogens (tertiary/aromatic N) is 2. The summed E-state index contributed by atoms with van der Waals surface area (Å²) in [6.45, 7) is 4.21. The molecule has 2 heterocycles. The fourth-order valence-corrected chi connectivity index (χ4v) is 2.67. The number of nitrogen functional groups attached to an aromatic ring is 1. The molecular weight excluding hydrogens is 301 g/mol. The van der Waals surface area contributed by atoms with Crippen LogP contribution in [0.3, 0.4) is 0 Å². The highest BCUT2D eigenvalue weighted by molar-refractivity contribution is 14.1. The molecule has 0 radical (unpaired) electrons. The van der Waals surface area contributed by atoms with Gasteiger partial charge in [-0.2, -0.15) is 0 Å². The van der Waals surface area contributed by atoms with Crippen LogP contribution in [0.2, 0.25) is 0 Å². The Balaban J connectivity index is 2.33. The third-order valence-electron chi connectivity index (χ3n) is 2.77. The molecular formula is C11H16IN3. The maximum Gasteiger partial charge on any atom is 0.153 e. The Hall–Kier alpha value is -0.520. The number of rotatable bonds is 1. The van der Waals surface area contributed by atoms with E-state index in [4.69, 9.17) is 5.73 Å². The standard InChI is InChI=1S/C11H16IN3/c1-8-7-9(12)10(13)11(14-8)15-5-3-2-4-6-15/h7H,2-6,13H2,1H3. The first kappa shape index (κ1) is 11.0. The van der Waals surface area contributed by atoms with Crippen LogP contribution >= 0.6 is 22.6 Å². The second kappa shape index (κ2) is 4.55. The highest BCUT2D eigenvalue weighted by Gasteiger charge is 2.16. The highest BCUT2D eigenvalue weighted by Crippen LogP contribution is 2.28. The van der Waals surface area contributed by atoms with Crippen LogP contribution in [0.15, 0.2) is 6.07 Å². The molecule has 1 saturated heterocycles. The van der Waals surface area contributed by atoms with Crippen LogP contribution in [0.1, 0.15) is 25.0 Å². The van der Waals surface area contributed by atoms with Crippen molar-refractivity contribution in [3.8, 4) is 0 Å². The van der Waals surface area contributed by atoms with E-state index in [2.05, 4.69) is 32.5 Å². The van der Waals surface area contributed by atoms with E-state index in [-0.39, 0.29) is 0 Å². The zero-order chi connectivity index (χ0) is 10.8. The average molecular weight is 317 g/mol. The lowest BCUT2D eigenvalue weighted by Gasteiger charge is -2.29. The quantitative estimate of drug-likeness (QED) is 0.810. The van der Waals surface area contributed by atoms with Gasteiger partial charge in [-0.3, -0.25) is 0 Å². The number of hydrogen-bond donors (Lipinski definition) is 1. The van der Waals surface area contributed by atoms with Gasteiger partial charge in [0.1, 0.15) is 0 Å². The van der Waals surface area contributed by atoms with Gasteiger partial charge in [0.15, 0.2) is 5.82 Å². The summed E-state index contributed by atoms with van der Waals surface area (Å²) in [6, 6.07) is 2.03. The molecule has 2 rings (SSSR count). The number of piperidine rings is 1. The SMILES string of the molecule is Cc1cc(I)c(N)c(N2CCCCC2)n1. The van der Waals surface area contributed by atoms with Gasteiger partial charge in [-0.1, -0.05) is 0 Å². The summed E-state index contributed by atoms with van der Waals surface area (Å²) in [5, 5.41) is 0. The van der Waals surface area contributed by atoms with Gasteiger partial charge in [0, 0.05) is 22.4 Å². The summed E-state index contributed by atoms with van der Waals surface area (Å²) in [7, 11) is 0. The summed E-state index contributed by atoms with van der Waals surface area (Å²) in [5.74, 6) is 0.985. The third kappa shape index (κ3) is 2.35. The van der Waals surface area contributed by atoms with Crippen molar-refractivity contribution in [1.82, 2.24) is 4.98 Å². The van der Waals surface area contributed by atoms with Crippen molar-refractivity contribution in [1.29, 1.82) is 0 Å². The number of hydrogen-bond acceptors (Lipinski definition) is 3. The molecule has 3 nitrogen and oxygen atoms in total. The summed E-state index contributed by atoms with van der Waals surface area (Å²) < 4.78 is 1.11. The molecule has 0 saturated carbocycles. The van der Waals surface area contributed by atoms with Crippen LogP contribution in [0, 0.1) is 10.5 Å². The van der Waals surface area contributed by atoms with Crippen LogP contribution < -0.4 is 10.6 Å². The molecule has 2 N–H and O–H groups in total. The number of aromatic nitrogens is 1. The molecule has 1 aromatic heterocycles. The van der Waals surface area contributed by atoms with Gasteiger partial charge in [-0.15, -0.1) is 0 Å². The Bertz CT molecular complexity index is 359. The van der Waals surface area contributed by atoms with Crippen molar-refractivity contribution in [2.75, 3.05) is 23.7 Å². The summed E-state index contributed by atoms with van der Waals surface area (Å²) in [4.78, 5) is 6.87. The molecule has 15 heavy (non-hydrogen) atoms. The third-order valence-corrected chi connectivity index (χ3v) is 3.66. The Morgan fingerprint density at radius 2 is 2.00 bits per heavy atom. The molecule has 1 aliphatic heterocycles. The first-order valence-electron chi connectivity index (χ1n) is 5.36. The molecule has 82 valence electrons. The van der Waals surface area contributed by atoms with E-state index in [1.165, 1.54) is 19.3 Å². The number of anilines is 2. The zero-order valence-corrected chi connectivity index (χ0v) is 11.1. The van der Waals surface area contributed by atoms with Gasteiger partial charge in [0.25, 0.3) is 0 Å². The number of nitrogens with two attached hydrogens (primary N) is 1. The van der Waals surface area contributed by atoms with Crippen molar-refractivity contribution in [2.45, 2.75) is 26.2 Å². The molecule has 0 spiro atoms. The lowest BCUT2D eigenvalue weighted by Crippen LogP contribution is -2.31. The van der Waals surface area contributed by atoms with Crippen LogP contribution in [0.5, 0.6) is 0 Å². The number of pyridine rings is 1. The minimum absolute atomic E-state index is 0.836. The van der Waals surface area contributed by atoms with Crippen molar-refractivity contribution in [3.05, 3.63) is 15.3 Å². The second-order valence-corrected chi connectivity index (χ2v) is 5.19. The monoisotopic (exact) mass is 317 g/mol. The Kier molecular flexibility index (Phi) is 3.33. The fraction of sp³-hybridized carbons (Fsp3) is 0.545. The Morgan fingerprint density at radius 1 is 1.33 bits per heavy atom. The van der Waals surface area contributed by atoms with E-state index in [1.54, 1.807) is 0 Å². The molecule has 0 bridgehead atoms. The van der Waals surface area contributed by atoms with Gasteiger partial charge >= 0.3 is 0 Å². The maximum atomic E-state index is 6.07. The number of aryl methyl sites for hydroxylation is 1. The molecule has 0 unspecified atom stereocenters. The first-order chi connectivity index (χ1) is 7.18. The maximum absolute atomic E-state index is 6.07. The molecule has 4 heteroatoms. The molecule has 0 aliphatic carbocycles. The van der Waals surface area contributed by atoms with E-state index >= 15 is 0 Å². The van der Waals surface area contributed by atoms with Crippen molar-refractivity contribution >= 4 is 34.1 Å². The highest BCUT2D eigenvalue weighted by atomic mass is 127. The number of halogens is 1. The van der Waals surface area contributed by atoms with Crippen LogP contribution in [0.25, 0.3) is 0 Å². The van der Waals surface area contributed by atoms with Gasteiger partial charge in [0.05, 0.1) is 5.69 Å². The second-order valence-electron chi connectivity index (χ2n) is 4.03. The topological polar surface area (TPSA) is 42.1 Å². The van der Waals surface area contributed by atoms with Gasteiger partial charge in [-0.25, -0.2) is 4.98 Å².